The molecule has 1 unspecified atom stereocenters. The molecule has 270 valence electrons. The maximum atomic E-state index is 12.1. The van der Waals surface area contributed by atoms with E-state index in [0.717, 1.165) is 0 Å². The number of rotatable bonds is 10. The predicted octanol–water partition coefficient (Wildman–Crippen LogP) is 2.27. The fourth-order valence-electron chi connectivity index (χ4n) is 2.32. The van der Waals surface area contributed by atoms with Crippen LogP contribution in [0.3, 0.4) is 0 Å². The Morgan fingerprint density at radius 2 is 0.978 bits per heavy atom. The fraction of sp³-hybridized carbons (Fsp3) is 0.306. The van der Waals surface area contributed by atoms with Gasteiger partial charge >= 0.3 is 0 Å². The molecule has 45 heavy (non-hydrogen) atoms. The molecule has 0 aromatic carbocycles. The zero-order valence-corrected chi connectivity index (χ0v) is 24.1. The summed E-state index contributed by atoms with van der Waals surface area (Å²) < 4.78 is 5.16. The quantitative estimate of drug-likeness (QED) is 0.178. The minimum Gasteiger partial charge on any atom is -0.394 e. The second-order valence-electron chi connectivity index (χ2n) is 7.78. The number of aliphatic hydroxyl groups is 6. The van der Waals surface area contributed by atoms with Gasteiger partial charge in [0, 0.05) is 75.7 Å². The summed E-state index contributed by atoms with van der Waals surface area (Å²) in [6, 6.07) is -1.14. The third-order valence-corrected chi connectivity index (χ3v) is 4.40. The minimum absolute atomic E-state index is 0. The lowest BCUT2D eigenvalue weighted by atomic mass is 10.1. The Labute approximate surface area is 299 Å². The normalized spacial score (nSPS) is 11.6. The van der Waals surface area contributed by atoms with Crippen LogP contribution in [0.5, 0.6) is 0 Å². The molecule has 0 aliphatic heterocycles. The average molecular weight is 648 g/mol. The Morgan fingerprint density at radius 1 is 0.600 bits per heavy atom. The molecule has 0 saturated heterocycles. The Hall–Kier alpha value is -6.09. The van der Waals surface area contributed by atoms with E-state index in [0.29, 0.717) is 0 Å². The number of ether oxygens (including phenoxy) is 1. The molecule has 0 heterocycles. The van der Waals surface area contributed by atoms with E-state index in [4.69, 9.17) is 9.84 Å². The van der Waals surface area contributed by atoms with E-state index in [1.165, 1.54) is 6.92 Å². The summed E-state index contributed by atoms with van der Waals surface area (Å²) in [5.41, 5.74) is 0. The van der Waals surface area contributed by atoms with E-state index in [-0.39, 0.29) is 40.8 Å². The van der Waals surface area contributed by atoms with Crippen molar-refractivity contribution in [3.8, 4) is 142 Å². The summed E-state index contributed by atoms with van der Waals surface area (Å²) in [5.74, 6) is 57.7. The summed E-state index contributed by atoms with van der Waals surface area (Å²) in [6.45, 7) is 1.29. The molecule has 0 aromatic heterocycles. The predicted molar refractivity (Wildman–Crippen MR) is 215 cm³/mol. The second kappa shape index (κ2) is 26.8. The molecular weight excluding hydrogens is 574 g/mol. The van der Waals surface area contributed by atoms with Gasteiger partial charge in [-0.15, -0.1) is 0 Å². The lowest BCUT2D eigenvalue weighted by molar-refractivity contribution is -0.121. The first kappa shape index (κ1) is 38.9. The van der Waals surface area contributed by atoms with E-state index in [9.17, 15) is 30.3 Å². The third kappa shape index (κ3) is 22.2. The van der Waals surface area contributed by atoms with Gasteiger partial charge in [-0.25, -0.2) is 0 Å². The fourth-order valence-corrected chi connectivity index (χ4v) is 2.32. The molecule has 9 nitrogen and oxygen atoms in total. The van der Waals surface area contributed by atoms with Crippen LogP contribution in [0.4, 0.5) is 0 Å². The molecule has 0 spiro atoms. The van der Waals surface area contributed by atoms with Crippen molar-refractivity contribution in [1.29, 1.82) is 0 Å². The number of hydrogen-bond acceptors (Lipinski definition) is 8. The van der Waals surface area contributed by atoms with Gasteiger partial charge in [0.2, 0.25) is 0 Å². The van der Waals surface area contributed by atoms with Crippen LogP contribution in [-0.2, 0) is 9.53 Å². The number of amides is 1. The SMILES string of the molecule is CC#CC#CC#CC#CC#CC#CC#CC#CC#CC#CC#CC#CC(=O)N[C@@H](COC[C@@H](O)C(O)[C@@H](O)CO)[C@H](O)[C@@H](C)O.[HH].[HH].[HH].[HH].[HH].[HH].[HH].[HH].[HH].[HH].[HH].[HH].[HH].[HH].[HH].[HH].[HH].[HH].[HH].[HH].[HH].[HH].[HH].[HH]. The lowest BCUT2D eigenvalue weighted by Gasteiger charge is -2.26. The zero-order chi connectivity index (χ0) is 33.5. The molecule has 0 aliphatic rings. The molecule has 7 N–H and O–H groups in total. The van der Waals surface area contributed by atoms with E-state index >= 15 is 0 Å². The van der Waals surface area contributed by atoms with Gasteiger partial charge in [0.05, 0.1) is 32.0 Å². The van der Waals surface area contributed by atoms with Crippen LogP contribution in [0.2, 0.25) is 0 Å². The Bertz CT molecular complexity index is 1870. The molecule has 0 aliphatic carbocycles. The molecule has 9 heteroatoms. The van der Waals surface area contributed by atoms with Crippen LogP contribution in [0.15, 0.2) is 0 Å². The van der Waals surface area contributed by atoms with Gasteiger partial charge in [-0.1, -0.05) is 5.92 Å². The first-order valence-electron chi connectivity index (χ1n) is 12.6. The van der Waals surface area contributed by atoms with Crippen LogP contribution in [0, 0.1) is 142 Å². The van der Waals surface area contributed by atoms with Gasteiger partial charge in [0.25, 0.3) is 5.91 Å². The maximum Gasteiger partial charge on any atom is 0.297 e. The van der Waals surface area contributed by atoms with E-state index in [2.05, 4.69) is 147 Å². The topological polar surface area (TPSA) is 160 Å². The summed E-state index contributed by atoms with van der Waals surface area (Å²) in [6.07, 6.45) is -7.53. The Morgan fingerprint density at radius 3 is 1.33 bits per heavy atom. The van der Waals surface area contributed by atoms with Gasteiger partial charge < -0.3 is 40.7 Å². The first-order chi connectivity index (χ1) is 21.7. The zero-order valence-electron chi connectivity index (χ0n) is 24.1. The Kier molecular flexibility index (Phi) is 23.2. The largest absolute Gasteiger partial charge is 0.394 e. The minimum atomic E-state index is -1.68. The van der Waals surface area contributed by atoms with Crippen molar-refractivity contribution in [3.63, 3.8) is 0 Å². The molecule has 1 amide bonds. The molecule has 0 radical (unpaired) electrons. The van der Waals surface area contributed by atoms with Crippen LogP contribution < -0.4 is 5.32 Å². The molecule has 0 rings (SSSR count). The van der Waals surface area contributed by atoms with Crippen molar-refractivity contribution >= 4 is 5.91 Å². The number of nitrogens with one attached hydrogen (secondary N) is 1. The van der Waals surface area contributed by atoms with E-state index in [1.807, 2.05) is 0 Å². The lowest BCUT2D eigenvalue weighted by Crippen LogP contribution is -2.51. The number of carbonyl (C=O) groups is 1. The van der Waals surface area contributed by atoms with Crippen LogP contribution in [0.1, 0.15) is 48.1 Å². The van der Waals surface area contributed by atoms with Gasteiger partial charge in [-0.2, -0.15) is 0 Å². The van der Waals surface area contributed by atoms with Crippen molar-refractivity contribution in [2.75, 3.05) is 19.8 Å². The maximum absolute atomic E-state index is 12.1. The monoisotopic (exact) mass is 648 g/mol. The van der Waals surface area contributed by atoms with Crippen molar-refractivity contribution in [3.05, 3.63) is 0 Å². The summed E-state index contributed by atoms with van der Waals surface area (Å²) in [7, 11) is 0. The van der Waals surface area contributed by atoms with Gasteiger partial charge in [-0.05, 0) is 109 Å². The molecule has 6 atom stereocenters. The van der Waals surface area contributed by atoms with Gasteiger partial charge in [0.1, 0.15) is 24.4 Å². The molecule has 0 bridgehead atoms. The number of aliphatic hydroxyl groups excluding tert-OH is 6. The van der Waals surface area contributed by atoms with Gasteiger partial charge in [-0.3, -0.25) is 4.79 Å². The Balaban J connectivity index is -0.0000000351. The summed E-state index contributed by atoms with van der Waals surface area (Å²) in [4.78, 5) is 12.1. The number of hydrogen-bond donors (Lipinski definition) is 7. The van der Waals surface area contributed by atoms with E-state index in [1.54, 1.807) is 6.92 Å². The highest BCUT2D eigenvalue weighted by atomic mass is 16.5. The highest BCUT2D eigenvalue weighted by Gasteiger charge is 2.27. The first-order valence-corrected chi connectivity index (χ1v) is 12.6. The van der Waals surface area contributed by atoms with Crippen LogP contribution in [0.25, 0.3) is 0 Å². The second-order valence-corrected chi connectivity index (χ2v) is 7.78. The summed E-state index contributed by atoms with van der Waals surface area (Å²) in [5, 5.41) is 59.6. The summed E-state index contributed by atoms with van der Waals surface area (Å²) >= 11 is 0. The molecule has 0 fully saturated rings. The van der Waals surface area contributed by atoms with Crippen molar-refractivity contribution in [2.24, 2.45) is 0 Å². The number of carbonyl (C=O) groups excluding carboxylic acids is 1. The molecular formula is C36H73NO8. The van der Waals surface area contributed by atoms with Gasteiger partial charge in [0.15, 0.2) is 0 Å². The highest BCUT2D eigenvalue weighted by molar-refractivity contribution is 5.94. The standard InChI is InChI=1S/C36H25NO8.24H2/c1-3-4-5-6-7-8-9-10-11-12-13-14-15-16-17-18-19-20-21-22-23-24-25-26-34(42)37-31(35(43)30(2)39)28-45-29-33(41)36(44)32(40)27-38;;;;;;;;;;;;;;;;;;;;;;;;/h30-33,35-36,38-41,43-44H,27-29H2,1-2H3,(H,37,42);24*1H/t30-,31+,32+,33-,35-,36?;;;;;;;;;;;;;;;;;;;;;;;;/m1......................../s1. The third-order valence-electron chi connectivity index (χ3n) is 4.40. The van der Waals surface area contributed by atoms with Crippen molar-refractivity contribution in [2.45, 2.75) is 50.4 Å². The highest BCUT2D eigenvalue weighted by Crippen LogP contribution is 2.04. The van der Waals surface area contributed by atoms with Crippen LogP contribution in [-0.4, -0.2) is 92.9 Å². The molecule has 0 saturated carbocycles. The van der Waals surface area contributed by atoms with Crippen LogP contribution >= 0.6 is 0 Å². The average Bonchev–Trinajstić information content (AvgIpc) is 3.03. The molecule has 0 aromatic rings. The smallest absolute Gasteiger partial charge is 0.297 e. The van der Waals surface area contributed by atoms with Crippen molar-refractivity contribution in [1.82, 2.24) is 5.32 Å². The van der Waals surface area contributed by atoms with E-state index < -0.39 is 55.7 Å². The van der Waals surface area contributed by atoms with Crippen molar-refractivity contribution < 1.29 is 74.4 Å².